The molecule has 2 aromatic rings. The Morgan fingerprint density at radius 3 is 2.47 bits per heavy atom. The topological polar surface area (TPSA) is 38.9 Å². The fourth-order valence-electron chi connectivity index (χ4n) is 2.02. The Kier molecular flexibility index (Phi) is 2.92. The molecule has 0 fully saturated rings. The summed E-state index contributed by atoms with van der Waals surface area (Å²) in [6.07, 6.45) is 1.83. The van der Waals surface area contributed by atoms with Gasteiger partial charge in [-0.1, -0.05) is 32.9 Å². The molecular formula is C15H20N2. The van der Waals surface area contributed by atoms with Crippen molar-refractivity contribution >= 4 is 10.8 Å². The normalized spacial score (nSPS) is 13.9. The second-order valence-corrected chi connectivity index (χ2v) is 5.67. The van der Waals surface area contributed by atoms with Crippen LogP contribution in [0.3, 0.4) is 0 Å². The van der Waals surface area contributed by atoms with Gasteiger partial charge in [0.15, 0.2) is 0 Å². The van der Waals surface area contributed by atoms with Crippen molar-refractivity contribution in [3.8, 4) is 0 Å². The van der Waals surface area contributed by atoms with Gasteiger partial charge in [0.25, 0.3) is 0 Å². The van der Waals surface area contributed by atoms with Crippen LogP contribution in [0, 0.1) is 0 Å². The van der Waals surface area contributed by atoms with Gasteiger partial charge in [-0.05, 0) is 35.4 Å². The highest BCUT2D eigenvalue weighted by Crippen LogP contribution is 2.28. The van der Waals surface area contributed by atoms with Gasteiger partial charge < -0.3 is 5.73 Å². The maximum Gasteiger partial charge on any atom is 0.0646 e. The van der Waals surface area contributed by atoms with Crippen molar-refractivity contribution < 1.29 is 0 Å². The van der Waals surface area contributed by atoms with Crippen molar-refractivity contribution in [2.75, 3.05) is 0 Å². The molecular weight excluding hydrogens is 208 g/mol. The van der Waals surface area contributed by atoms with Crippen LogP contribution in [-0.4, -0.2) is 4.98 Å². The van der Waals surface area contributed by atoms with Crippen LogP contribution in [0.5, 0.6) is 0 Å². The van der Waals surface area contributed by atoms with Gasteiger partial charge in [0, 0.05) is 17.6 Å². The summed E-state index contributed by atoms with van der Waals surface area (Å²) in [6, 6.07) is 8.57. The smallest absolute Gasteiger partial charge is 0.0646 e. The maximum absolute atomic E-state index is 5.98. The van der Waals surface area contributed by atoms with E-state index in [4.69, 9.17) is 5.73 Å². The lowest BCUT2D eigenvalue weighted by molar-refractivity contribution is 0.591. The lowest BCUT2D eigenvalue weighted by Gasteiger charge is -2.20. The Bertz CT molecular complexity index is 536. The fraction of sp³-hybridized carbons (Fsp3) is 0.400. The first-order valence-electron chi connectivity index (χ1n) is 6.04. The number of hydrogen-bond donors (Lipinski definition) is 1. The molecule has 0 bridgehead atoms. The van der Waals surface area contributed by atoms with Crippen molar-refractivity contribution in [2.24, 2.45) is 5.73 Å². The van der Waals surface area contributed by atoms with Gasteiger partial charge >= 0.3 is 0 Å². The highest BCUT2D eigenvalue weighted by atomic mass is 14.8. The Labute approximate surface area is 103 Å². The van der Waals surface area contributed by atoms with Crippen molar-refractivity contribution in [3.63, 3.8) is 0 Å². The van der Waals surface area contributed by atoms with Crippen molar-refractivity contribution in [1.29, 1.82) is 0 Å². The predicted molar refractivity (Wildman–Crippen MR) is 73.0 cm³/mol. The third kappa shape index (κ3) is 2.32. The SMILES string of the molecule is CC(N)c1nccc2ccc(C(C)(C)C)cc12. The summed E-state index contributed by atoms with van der Waals surface area (Å²) in [5.74, 6) is 0. The van der Waals surface area contributed by atoms with Gasteiger partial charge in [0.1, 0.15) is 0 Å². The van der Waals surface area contributed by atoms with E-state index in [2.05, 4.69) is 44.0 Å². The first kappa shape index (κ1) is 12.1. The highest BCUT2D eigenvalue weighted by Gasteiger charge is 2.15. The molecule has 17 heavy (non-hydrogen) atoms. The van der Waals surface area contributed by atoms with Crippen molar-refractivity contribution in [1.82, 2.24) is 4.98 Å². The molecule has 1 aromatic carbocycles. The average molecular weight is 228 g/mol. The standard InChI is InChI=1S/C15H20N2/c1-10(16)14-13-9-12(15(2,3)4)6-5-11(13)7-8-17-14/h5-10H,16H2,1-4H3. The van der Waals surface area contributed by atoms with Crippen LogP contribution in [0.25, 0.3) is 10.8 Å². The number of nitrogens with two attached hydrogens (primary N) is 1. The predicted octanol–water partition coefficient (Wildman–Crippen LogP) is 3.55. The van der Waals surface area contributed by atoms with Gasteiger partial charge in [-0.3, -0.25) is 4.98 Å². The van der Waals surface area contributed by atoms with E-state index in [9.17, 15) is 0 Å². The maximum atomic E-state index is 5.98. The molecule has 1 heterocycles. The van der Waals surface area contributed by atoms with Crippen LogP contribution < -0.4 is 5.73 Å². The zero-order chi connectivity index (χ0) is 12.6. The number of nitrogens with zero attached hydrogens (tertiary/aromatic N) is 1. The summed E-state index contributed by atoms with van der Waals surface area (Å²) in [5, 5.41) is 2.38. The van der Waals surface area contributed by atoms with Crippen LogP contribution in [0.2, 0.25) is 0 Å². The Balaban J connectivity index is 2.70. The Morgan fingerprint density at radius 2 is 1.88 bits per heavy atom. The van der Waals surface area contributed by atoms with E-state index in [-0.39, 0.29) is 11.5 Å². The number of fused-ring (bicyclic) bond motifs is 1. The van der Waals surface area contributed by atoms with Crippen molar-refractivity contribution in [3.05, 3.63) is 41.7 Å². The van der Waals surface area contributed by atoms with E-state index >= 15 is 0 Å². The van der Waals surface area contributed by atoms with Crippen LogP contribution >= 0.6 is 0 Å². The van der Waals surface area contributed by atoms with E-state index in [1.54, 1.807) is 0 Å². The third-order valence-corrected chi connectivity index (χ3v) is 3.09. The van der Waals surface area contributed by atoms with Gasteiger partial charge in [-0.25, -0.2) is 0 Å². The molecule has 0 spiro atoms. The van der Waals surface area contributed by atoms with Gasteiger partial charge in [0.05, 0.1) is 5.69 Å². The average Bonchev–Trinajstić information content (AvgIpc) is 2.26. The number of aromatic nitrogens is 1. The fourth-order valence-corrected chi connectivity index (χ4v) is 2.02. The van der Waals surface area contributed by atoms with E-state index in [0.717, 1.165) is 5.69 Å². The lowest BCUT2D eigenvalue weighted by atomic mass is 9.85. The van der Waals surface area contributed by atoms with Crippen molar-refractivity contribution in [2.45, 2.75) is 39.2 Å². The molecule has 0 saturated heterocycles. The minimum atomic E-state index is -0.0334. The number of pyridine rings is 1. The minimum absolute atomic E-state index is 0.0334. The van der Waals surface area contributed by atoms with Crippen LogP contribution in [0.4, 0.5) is 0 Å². The van der Waals surface area contributed by atoms with E-state index in [1.807, 2.05) is 19.2 Å². The molecule has 2 rings (SSSR count). The summed E-state index contributed by atoms with van der Waals surface area (Å²) in [5.41, 5.74) is 8.43. The van der Waals surface area contributed by atoms with E-state index in [1.165, 1.54) is 16.3 Å². The molecule has 1 aromatic heterocycles. The van der Waals surface area contributed by atoms with Crippen LogP contribution in [0.15, 0.2) is 30.5 Å². The van der Waals surface area contributed by atoms with Crippen LogP contribution in [0.1, 0.15) is 45.0 Å². The molecule has 2 heteroatoms. The monoisotopic (exact) mass is 228 g/mol. The number of hydrogen-bond acceptors (Lipinski definition) is 2. The zero-order valence-corrected chi connectivity index (χ0v) is 11.0. The second-order valence-electron chi connectivity index (χ2n) is 5.67. The summed E-state index contributed by atoms with van der Waals surface area (Å²) in [7, 11) is 0. The molecule has 0 aliphatic heterocycles. The molecule has 0 aliphatic rings. The molecule has 1 unspecified atom stereocenters. The van der Waals surface area contributed by atoms with Gasteiger partial charge in [0.2, 0.25) is 0 Å². The molecule has 90 valence electrons. The first-order valence-corrected chi connectivity index (χ1v) is 6.04. The first-order chi connectivity index (χ1) is 7.89. The minimum Gasteiger partial charge on any atom is -0.323 e. The molecule has 2 N–H and O–H groups in total. The molecule has 0 saturated carbocycles. The molecule has 2 nitrogen and oxygen atoms in total. The quantitative estimate of drug-likeness (QED) is 0.810. The largest absolute Gasteiger partial charge is 0.323 e. The number of rotatable bonds is 1. The molecule has 0 aliphatic carbocycles. The molecule has 1 atom stereocenters. The highest BCUT2D eigenvalue weighted by molar-refractivity contribution is 5.85. The summed E-state index contributed by atoms with van der Waals surface area (Å²) in [6.45, 7) is 8.63. The zero-order valence-electron chi connectivity index (χ0n) is 11.0. The second kappa shape index (κ2) is 4.11. The molecule has 0 radical (unpaired) electrons. The summed E-state index contributed by atoms with van der Waals surface area (Å²) >= 11 is 0. The Morgan fingerprint density at radius 1 is 1.18 bits per heavy atom. The molecule has 0 amide bonds. The van der Waals surface area contributed by atoms with Gasteiger partial charge in [-0.2, -0.15) is 0 Å². The van der Waals surface area contributed by atoms with E-state index in [0.29, 0.717) is 0 Å². The summed E-state index contributed by atoms with van der Waals surface area (Å²) in [4.78, 5) is 4.40. The van der Waals surface area contributed by atoms with Gasteiger partial charge in [-0.15, -0.1) is 0 Å². The van der Waals surface area contributed by atoms with E-state index < -0.39 is 0 Å². The third-order valence-electron chi connectivity index (χ3n) is 3.09. The lowest BCUT2D eigenvalue weighted by Crippen LogP contribution is -2.12. The number of benzene rings is 1. The summed E-state index contributed by atoms with van der Waals surface area (Å²) < 4.78 is 0. The Hall–Kier alpha value is -1.41. The van der Waals surface area contributed by atoms with Crippen LogP contribution in [-0.2, 0) is 5.41 Å².